The van der Waals surface area contributed by atoms with E-state index in [1.165, 1.54) is 0 Å². The van der Waals surface area contributed by atoms with Gasteiger partial charge in [-0.05, 0) is 42.0 Å². The summed E-state index contributed by atoms with van der Waals surface area (Å²) in [6, 6.07) is 9.87. The Labute approximate surface area is 180 Å². The topological polar surface area (TPSA) is 113 Å². The second-order valence-corrected chi connectivity index (χ2v) is 7.53. The van der Waals surface area contributed by atoms with Crippen molar-refractivity contribution < 1.29 is 4.79 Å². The minimum atomic E-state index is -0.287. The number of hydrogen-bond donors (Lipinski definition) is 2. The van der Waals surface area contributed by atoms with Crippen LogP contribution >= 0.6 is 34.8 Å². The lowest BCUT2D eigenvalue weighted by molar-refractivity contribution is 0.103. The van der Waals surface area contributed by atoms with E-state index in [9.17, 15) is 4.79 Å². The molecule has 0 saturated heterocycles. The molecule has 0 radical (unpaired) electrons. The summed E-state index contributed by atoms with van der Waals surface area (Å²) in [6.45, 7) is 0.348. The number of fused-ring (bicyclic) bond motifs is 1. The average Bonchev–Trinajstić information content (AvgIpc) is 3.04. The molecule has 29 heavy (non-hydrogen) atoms. The van der Waals surface area contributed by atoms with Crippen molar-refractivity contribution in [1.82, 2.24) is 19.5 Å². The summed E-state index contributed by atoms with van der Waals surface area (Å²) in [7, 11) is 0. The van der Waals surface area contributed by atoms with E-state index >= 15 is 0 Å². The van der Waals surface area contributed by atoms with E-state index in [1.54, 1.807) is 47.3 Å². The number of carbonyl (C=O) groups is 1. The van der Waals surface area contributed by atoms with Gasteiger partial charge in [-0.3, -0.25) is 4.79 Å². The van der Waals surface area contributed by atoms with E-state index in [4.69, 9.17) is 46.3 Å². The SMILES string of the molecule is Nc1nc(N)c2ncn(Cc3cc(Cl)c(C(=O)c4ccc(Cl)cc4)c(Cl)c3)c2n1. The number of carbonyl (C=O) groups excluding carboxylic acids is 1. The lowest BCUT2D eigenvalue weighted by atomic mass is 10.0. The van der Waals surface area contributed by atoms with Crippen LogP contribution in [0.1, 0.15) is 21.5 Å². The van der Waals surface area contributed by atoms with Crippen molar-refractivity contribution >= 4 is 63.5 Å². The number of imidazole rings is 1. The molecule has 10 heteroatoms. The van der Waals surface area contributed by atoms with E-state index in [1.807, 2.05) is 0 Å². The molecule has 2 aromatic carbocycles. The van der Waals surface area contributed by atoms with Crippen LogP contribution in [0.4, 0.5) is 11.8 Å². The van der Waals surface area contributed by atoms with E-state index in [2.05, 4.69) is 15.0 Å². The number of halogens is 3. The van der Waals surface area contributed by atoms with Crippen LogP contribution in [0.5, 0.6) is 0 Å². The third kappa shape index (κ3) is 3.72. The molecule has 0 atom stereocenters. The second kappa shape index (κ2) is 7.51. The van der Waals surface area contributed by atoms with Gasteiger partial charge in [-0.15, -0.1) is 0 Å². The quantitative estimate of drug-likeness (QED) is 0.453. The van der Waals surface area contributed by atoms with Gasteiger partial charge in [-0.2, -0.15) is 9.97 Å². The number of aromatic nitrogens is 4. The predicted octanol–water partition coefficient (Wildman–Crippen LogP) is 4.23. The first kappa shape index (κ1) is 19.4. The van der Waals surface area contributed by atoms with E-state index in [0.29, 0.717) is 28.3 Å². The lowest BCUT2D eigenvalue weighted by Gasteiger charge is -2.11. The zero-order valence-electron chi connectivity index (χ0n) is 14.7. The van der Waals surface area contributed by atoms with Crippen LogP contribution in [0.25, 0.3) is 11.2 Å². The van der Waals surface area contributed by atoms with Gasteiger partial charge in [0.1, 0.15) is 5.52 Å². The van der Waals surface area contributed by atoms with Crippen LogP contribution in [0.2, 0.25) is 15.1 Å². The fourth-order valence-corrected chi connectivity index (χ4v) is 3.81. The fraction of sp³-hybridized carbons (Fsp3) is 0.0526. The van der Waals surface area contributed by atoms with Crippen LogP contribution in [-0.4, -0.2) is 25.3 Å². The molecule has 0 spiro atoms. The molecule has 2 heterocycles. The lowest BCUT2D eigenvalue weighted by Crippen LogP contribution is -2.06. The molecule has 0 aliphatic carbocycles. The summed E-state index contributed by atoms with van der Waals surface area (Å²) >= 11 is 18.7. The summed E-state index contributed by atoms with van der Waals surface area (Å²) in [6.07, 6.45) is 1.57. The van der Waals surface area contributed by atoms with Crippen LogP contribution in [0.3, 0.4) is 0 Å². The van der Waals surface area contributed by atoms with Gasteiger partial charge in [0.25, 0.3) is 0 Å². The minimum absolute atomic E-state index is 0.0525. The molecule has 4 aromatic rings. The number of ketones is 1. The summed E-state index contributed by atoms with van der Waals surface area (Å²) in [5, 5.41) is 1.02. The van der Waals surface area contributed by atoms with Gasteiger partial charge in [0.2, 0.25) is 5.95 Å². The van der Waals surface area contributed by atoms with Crippen molar-refractivity contribution in [1.29, 1.82) is 0 Å². The molecule has 146 valence electrons. The van der Waals surface area contributed by atoms with Gasteiger partial charge in [0.15, 0.2) is 17.2 Å². The Morgan fingerprint density at radius 2 is 1.66 bits per heavy atom. The first-order chi connectivity index (χ1) is 13.8. The maximum absolute atomic E-state index is 12.8. The molecule has 4 N–H and O–H groups in total. The minimum Gasteiger partial charge on any atom is -0.382 e. The normalized spacial score (nSPS) is 11.1. The number of hydrogen-bond acceptors (Lipinski definition) is 6. The largest absolute Gasteiger partial charge is 0.382 e. The van der Waals surface area contributed by atoms with Crippen molar-refractivity contribution in [2.45, 2.75) is 6.54 Å². The van der Waals surface area contributed by atoms with Gasteiger partial charge < -0.3 is 16.0 Å². The highest BCUT2D eigenvalue weighted by Crippen LogP contribution is 2.30. The van der Waals surface area contributed by atoms with Crippen molar-refractivity contribution in [3.8, 4) is 0 Å². The Bertz CT molecular complexity index is 1230. The van der Waals surface area contributed by atoms with Gasteiger partial charge in [-0.25, -0.2) is 4.98 Å². The highest BCUT2D eigenvalue weighted by molar-refractivity contribution is 6.41. The highest BCUT2D eigenvalue weighted by atomic mass is 35.5. The van der Waals surface area contributed by atoms with E-state index in [0.717, 1.165) is 5.56 Å². The monoisotopic (exact) mass is 446 g/mol. The van der Waals surface area contributed by atoms with E-state index < -0.39 is 0 Å². The zero-order valence-corrected chi connectivity index (χ0v) is 17.0. The van der Waals surface area contributed by atoms with Gasteiger partial charge in [-0.1, -0.05) is 34.8 Å². The molecule has 0 bridgehead atoms. The molecule has 2 aromatic heterocycles. The molecule has 0 amide bonds. The van der Waals surface area contributed by atoms with Gasteiger partial charge >= 0.3 is 0 Å². The summed E-state index contributed by atoms with van der Waals surface area (Å²) < 4.78 is 1.74. The van der Waals surface area contributed by atoms with Crippen molar-refractivity contribution in [3.05, 3.63) is 74.5 Å². The van der Waals surface area contributed by atoms with Crippen LogP contribution < -0.4 is 11.5 Å². The molecular weight excluding hydrogens is 435 g/mol. The summed E-state index contributed by atoms with van der Waals surface area (Å²) in [5.74, 6) is -0.0347. The maximum Gasteiger partial charge on any atom is 0.224 e. The summed E-state index contributed by atoms with van der Waals surface area (Å²) in [4.78, 5) is 25.1. The molecular formula is C19H13Cl3N6O. The third-order valence-corrected chi connectivity index (χ3v) is 5.14. The Morgan fingerprint density at radius 1 is 1.00 bits per heavy atom. The molecule has 7 nitrogen and oxygen atoms in total. The van der Waals surface area contributed by atoms with Crippen molar-refractivity contribution in [3.63, 3.8) is 0 Å². The fourth-order valence-electron chi connectivity index (χ4n) is 2.98. The molecule has 4 rings (SSSR count). The number of nitrogen functional groups attached to an aromatic ring is 2. The first-order valence-corrected chi connectivity index (χ1v) is 9.49. The number of benzene rings is 2. The van der Waals surface area contributed by atoms with Crippen LogP contribution in [0.15, 0.2) is 42.7 Å². The predicted molar refractivity (Wildman–Crippen MR) is 115 cm³/mol. The van der Waals surface area contributed by atoms with Gasteiger partial charge in [0, 0.05) is 10.6 Å². The Balaban J connectivity index is 1.69. The number of nitrogens with two attached hydrogens (primary N) is 2. The van der Waals surface area contributed by atoms with E-state index in [-0.39, 0.29) is 33.2 Å². The summed E-state index contributed by atoms with van der Waals surface area (Å²) in [5.41, 5.74) is 13.9. The van der Waals surface area contributed by atoms with Crippen LogP contribution in [0, 0.1) is 0 Å². The van der Waals surface area contributed by atoms with Crippen LogP contribution in [-0.2, 0) is 6.54 Å². The van der Waals surface area contributed by atoms with Gasteiger partial charge in [0.05, 0.1) is 28.5 Å². The third-order valence-electron chi connectivity index (χ3n) is 4.30. The second-order valence-electron chi connectivity index (χ2n) is 6.28. The first-order valence-electron chi connectivity index (χ1n) is 8.35. The molecule has 0 aliphatic heterocycles. The smallest absolute Gasteiger partial charge is 0.224 e. The van der Waals surface area contributed by atoms with Crippen molar-refractivity contribution in [2.75, 3.05) is 11.5 Å². The molecule has 0 unspecified atom stereocenters. The molecule has 0 saturated carbocycles. The standard InChI is InChI=1S/C19H13Cl3N6O/c20-11-3-1-10(2-4-11)16(29)14-12(21)5-9(6-13(14)22)7-28-8-25-15-17(23)26-19(24)27-18(15)28/h1-6,8H,7H2,(H4,23,24,26,27). The Hall–Kier alpha value is -2.87. The average molecular weight is 448 g/mol. The molecule has 0 fully saturated rings. The van der Waals surface area contributed by atoms with Crippen molar-refractivity contribution in [2.24, 2.45) is 0 Å². The maximum atomic E-state index is 12.8. The zero-order chi connectivity index (χ0) is 20.7. The molecule has 0 aliphatic rings. The number of anilines is 2. The Morgan fingerprint density at radius 3 is 2.31 bits per heavy atom. The number of nitrogens with zero attached hydrogens (tertiary/aromatic N) is 4. The number of rotatable bonds is 4. The Kier molecular flexibility index (Phi) is 5.04. The highest BCUT2D eigenvalue weighted by Gasteiger charge is 2.19.